The molecule has 256 valence electrons. The van der Waals surface area contributed by atoms with E-state index < -0.39 is 28.4 Å². The second-order valence-electron chi connectivity index (χ2n) is 11.8. The van der Waals surface area contributed by atoms with Crippen LogP contribution in [0.4, 0.5) is 5.69 Å². The number of aromatic nitrogens is 1. The van der Waals surface area contributed by atoms with Gasteiger partial charge in [-0.2, -0.15) is 0 Å². The third-order valence-corrected chi connectivity index (χ3v) is 9.80. The Hall–Kier alpha value is -6.10. The second kappa shape index (κ2) is 15.6. The molecule has 1 aromatic heterocycles. The molecule has 5 aromatic carbocycles. The molecular formula is C41H35N3O6S. The van der Waals surface area contributed by atoms with E-state index in [2.05, 4.69) is 9.71 Å². The highest BCUT2D eigenvalue weighted by Gasteiger charge is 2.24. The lowest BCUT2D eigenvalue weighted by Gasteiger charge is -2.24. The number of hydrogen-bond donors (Lipinski definition) is 2. The molecule has 0 saturated carbocycles. The number of aromatic hydroxyl groups is 1. The third kappa shape index (κ3) is 8.38. The largest absolute Gasteiger partial charge is 0.507 e. The van der Waals surface area contributed by atoms with Crippen molar-refractivity contribution in [2.24, 2.45) is 0 Å². The average Bonchev–Trinajstić information content (AvgIpc) is 3.17. The van der Waals surface area contributed by atoms with Gasteiger partial charge in [-0.3, -0.25) is 9.78 Å². The number of methoxy groups -OCH3 is 1. The standard InChI is InChI=1S/C41H35N3O6S/c1-50-41(47)38-26-35(15-18-39(38)45)44(28-30-11-8-14-33(24-30)31-19-21-42-22-20-31)40(46)27-43-51(48,49)36-16-17-37(32-12-6-3-7-13-32)34(25-36)23-29-9-4-2-5-10-29/h2-22,24-26,43,45H,23,27-28H2,1H3. The van der Waals surface area contributed by atoms with Gasteiger partial charge in [0.2, 0.25) is 15.9 Å². The van der Waals surface area contributed by atoms with Crippen molar-refractivity contribution >= 4 is 27.6 Å². The van der Waals surface area contributed by atoms with E-state index in [0.717, 1.165) is 38.9 Å². The normalized spacial score (nSPS) is 11.2. The van der Waals surface area contributed by atoms with Gasteiger partial charge in [-0.25, -0.2) is 17.9 Å². The van der Waals surface area contributed by atoms with E-state index in [1.807, 2.05) is 97.1 Å². The van der Waals surface area contributed by atoms with Crippen LogP contribution in [0, 0.1) is 0 Å². The van der Waals surface area contributed by atoms with E-state index in [-0.39, 0.29) is 28.4 Å². The number of anilines is 1. The van der Waals surface area contributed by atoms with Crippen molar-refractivity contribution in [1.29, 1.82) is 0 Å². The number of phenolic OH excluding ortho intramolecular Hbond substituents is 1. The van der Waals surface area contributed by atoms with E-state index in [1.54, 1.807) is 24.5 Å². The van der Waals surface area contributed by atoms with Gasteiger partial charge in [0.1, 0.15) is 11.3 Å². The van der Waals surface area contributed by atoms with Crippen molar-refractivity contribution in [3.63, 3.8) is 0 Å². The van der Waals surface area contributed by atoms with Crippen LogP contribution in [0.1, 0.15) is 27.0 Å². The van der Waals surface area contributed by atoms with Crippen molar-refractivity contribution in [1.82, 2.24) is 9.71 Å². The number of rotatable bonds is 12. The number of pyridine rings is 1. The van der Waals surface area contributed by atoms with Gasteiger partial charge in [-0.05, 0) is 93.9 Å². The number of benzene rings is 5. The number of carbonyl (C=O) groups excluding carboxylic acids is 2. The Labute approximate surface area is 296 Å². The highest BCUT2D eigenvalue weighted by atomic mass is 32.2. The fraction of sp³-hybridized carbons (Fsp3) is 0.0976. The third-order valence-electron chi connectivity index (χ3n) is 8.40. The lowest BCUT2D eigenvalue weighted by Crippen LogP contribution is -2.40. The zero-order valence-corrected chi connectivity index (χ0v) is 28.6. The van der Waals surface area contributed by atoms with Gasteiger partial charge < -0.3 is 14.7 Å². The van der Waals surface area contributed by atoms with Crippen molar-refractivity contribution in [2.45, 2.75) is 17.9 Å². The fourth-order valence-electron chi connectivity index (χ4n) is 5.80. The Balaban J connectivity index is 1.30. The van der Waals surface area contributed by atoms with Gasteiger partial charge in [-0.1, -0.05) is 84.9 Å². The lowest BCUT2D eigenvalue weighted by molar-refractivity contribution is -0.117. The molecule has 0 unspecified atom stereocenters. The highest BCUT2D eigenvalue weighted by Crippen LogP contribution is 2.30. The van der Waals surface area contributed by atoms with Crippen molar-refractivity contribution in [3.05, 3.63) is 168 Å². The van der Waals surface area contributed by atoms with Gasteiger partial charge >= 0.3 is 5.97 Å². The summed E-state index contributed by atoms with van der Waals surface area (Å²) in [5.41, 5.74) is 6.41. The van der Waals surface area contributed by atoms with Crippen LogP contribution >= 0.6 is 0 Å². The van der Waals surface area contributed by atoms with E-state index >= 15 is 0 Å². The molecular weight excluding hydrogens is 663 g/mol. The number of esters is 1. The predicted octanol–water partition coefficient (Wildman–Crippen LogP) is 7.01. The van der Waals surface area contributed by atoms with Crippen LogP contribution in [-0.4, -0.2) is 44.0 Å². The first kappa shape index (κ1) is 34.8. The molecule has 51 heavy (non-hydrogen) atoms. The number of carbonyl (C=O) groups is 2. The molecule has 0 atom stereocenters. The summed E-state index contributed by atoms with van der Waals surface area (Å²) in [4.78, 5) is 31.9. The number of sulfonamides is 1. The van der Waals surface area contributed by atoms with Crippen LogP contribution in [0.25, 0.3) is 22.3 Å². The number of nitrogens with zero attached hydrogens (tertiary/aromatic N) is 2. The van der Waals surface area contributed by atoms with Crippen molar-refractivity contribution in [2.75, 3.05) is 18.6 Å². The van der Waals surface area contributed by atoms with Gasteiger partial charge in [-0.15, -0.1) is 0 Å². The molecule has 1 amide bonds. The quantitative estimate of drug-likeness (QED) is 0.132. The zero-order chi connectivity index (χ0) is 35.8. The summed E-state index contributed by atoms with van der Waals surface area (Å²) in [6.07, 6.45) is 3.88. The maximum atomic E-state index is 14.0. The summed E-state index contributed by atoms with van der Waals surface area (Å²) < 4.78 is 34.8. The summed E-state index contributed by atoms with van der Waals surface area (Å²) in [5, 5.41) is 10.4. The molecule has 0 fully saturated rings. The van der Waals surface area contributed by atoms with Gasteiger partial charge in [0, 0.05) is 18.1 Å². The Bertz CT molecular complexity index is 2260. The number of phenols is 1. The first-order chi connectivity index (χ1) is 24.7. The molecule has 6 rings (SSSR count). The second-order valence-corrected chi connectivity index (χ2v) is 13.5. The Morgan fingerprint density at radius 3 is 2.16 bits per heavy atom. The van der Waals surface area contributed by atoms with Crippen molar-refractivity contribution in [3.8, 4) is 28.0 Å². The maximum absolute atomic E-state index is 14.0. The van der Waals surface area contributed by atoms with E-state index in [1.165, 1.54) is 36.3 Å². The summed E-state index contributed by atoms with van der Waals surface area (Å²) in [5.74, 6) is -1.68. The van der Waals surface area contributed by atoms with E-state index in [9.17, 15) is 23.1 Å². The topological polar surface area (TPSA) is 126 Å². The average molecular weight is 698 g/mol. The van der Waals surface area contributed by atoms with Crippen LogP contribution in [0.15, 0.2) is 151 Å². The van der Waals surface area contributed by atoms with E-state index in [4.69, 9.17) is 4.74 Å². The first-order valence-corrected chi connectivity index (χ1v) is 17.6. The number of amides is 1. The zero-order valence-electron chi connectivity index (χ0n) is 27.8. The molecule has 0 aliphatic heterocycles. The minimum atomic E-state index is -4.15. The van der Waals surface area contributed by atoms with Crippen molar-refractivity contribution < 1.29 is 27.9 Å². The minimum absolute atomic E-state index is 0.0233. The lowest BCUT2D eigenvalue weighted by atomic mass is 9.95. The van der Waals surface area contributed by atoms with Crippen LogP contribution in [0.3, 0.4) is 0 Å². The van der Waals surface area contributed by atoms with Crippen LogP contribution in [0.2, 0.25) is 0 Å². The SMILES string of the molecule is COC(=O)c1cc(N(Cc2cccc(-c3ccncc3)c2)C(=O)CNS(=O)(=O)c2ccc(-c3ccccc3)c(Cc3ccccc3)c2)ccc1O. The summed E-state index contributed by atoms with van der Waals surface area (Å²) in [6.45, 7) is -0.535. The molecule has 9 nitrogen and oxygen atoms in total. The Morgan fingerprint density at radius 1 is 0.745 bits per heavy atom. The number of nitrogens with one attached hydrogen (secondary N) is 1. The summed E-state index contributed by atoms with van der Waals surface area (Å²) in [7, 11) is -2.96. The van der Waals surface area contributed by atoms with Gasteiger partial charge in [0.25, 0.3) is 0 Å². The van der Waals surface area contributed by atoms with Crippen LogP contribution in [0.5, 0.6) is 5.75 Å². The molecule has 0 bridgehead atoms. The van der Waals surface area contributed by atoms with Gasteiger partial charge in [0.05, 0.1) is 25.1 Å². The Kier molecular flexibility index (Phi) is 10.6. The maximum Gasteiger partial charge on any atom is 0.341 e. The fourth-order valence-corrected chi connectivity index (χ4v) is 6.82. The minimum Gasteiger partial charge on any atom is -0.507 e. The summed E-state index contributed by atoms with van der Waals surface area (Å²) in [6, 6.07) is 39.9. The smallest absolute Gasteiger partial charge is 0.341 e. The Morgan fingerprint density at radius 2 is 1.43 bits per heavy atom. The molecule has 10 heteroatoms. The molecule has 1 heterocycles. The molecule has 2 N–H and O–H groups in total. The van der Waals surface area contributed by atoms with E-state index in [0.29, 0.717) is 6.42 Å². The first-order valence-electron chi connectivity index (χ1n) is 16.1. The van der Waals surface area contributed by atoms with Gasteiger partial charge in [0.15, 0.2) is 0 Å². The predicted molar refractivity (Wildman–Crippen MR) is 197 cm³/mol. The van der Waals surface area contributed by atoms with Crippen LogP contribution < -0.4 is 9.62 Å². The molecule has 0 spiro atoms. The summed E-state index contributed by atoms with van der Waals surface area (Å²) >= 11 is 0. The molecule has 0 saturated heterocycles. The molecule has 0 radical (unpaired) electrons. The molecule has 0 aliphatic rings. The highest BCUT2D eigenvalue weighted by molar-refractivity contribution is 7.89. The molecule has 0 aliphatic carbocycles. The number of hydrogen-bond acceptors (Lipinski definition) is 7. The monoisotopic (exact) mass is 697 g/mol. The van der Waals surface area contributed by atoms with Crippen LogP contribution in [-0.2, 0) is 32.5 Å². The molecule has 6 aromatic rings. The number of ether oxygens (including phenoxy) is 1.